The van der Waals surface area contributed by atoms with E-state index in [1.54, 1.807) is 12.3 Å². The second-order valence-electron chi connectivity index (χ2n) is 6.99. The Morgan fingerprint density at radius 2 is 2.00 bits per heavy atom. The number of nitrogens with one attached hydrogen (secondary N) is 1. The summed E-state index contributed by atoms with van der Waals surface area (Å²) in [6, 6.07) is 1.88. The van der Waals surface area contributed by atoms with Crippen LogP contribution in [0.25, 0.3) is 0 Å². The Morgan fingerprint density at radius 1 is 1.36 bits per heavy atom. The topological polar surface area (TPSA) is 58.1 Å². The van der Waals surface area contributed by atoms with Gasteiger partial charge in [0.1, 0.15) is 11.5 Å². The fourth-order valence-electron chi connectivity index (χ4n) is 2.51. The largest absolute Gasteiger partial charge is 0.375 e. The maximum atomic E-state index is 12.4. The lowest BCUT2D eigenvalue weighted by molar-refractivity contribution is 0.0912. The highest BCUT2D eigenvalue weighted by Crippen LogP contribution is 2.18. The van der Waals surface area contributed by atoms with E-state index < -0.39 is 0 Å². The van der Waals surface area contributed by atoms with Crippen LogP contribution in [0.1, 0.15) is 56.8 Å². The molecule has 0 spiro atoms. The number of amides is 1. The van der Waals surface area contributed by atoms with Crippen molar-refractivity contribution in [1.29, 1.82) is 0 Å². The van der Waals surface area contributed by atoms with Crippen LogP contribution in [0.2, 0.25) is 0 Å². The molecule has 1 fully saturated rings. The molecular formula is C17H26N4O. The van der Waals surface area contributed by atoms with Crippen molar-refractivity contribution in [3.63, 3.8) is 0 Å². The summed E-state index contributed by atoms with van der Waals surface area (Å²) in [5.74, 6) is 0.582. The van der Waals surface area contributed by atoms with Gasteiger partial charge in [0.05, 0.1) is 0 Å². The maximum Gasteiger partial charge on any atom is 0.270 e. The highest BCUT2D eigenvalue weighted by molar-refractivity contribution is 5.92. The third kappa shape index (κ3) is 4.06. The third-order valence-corrected chi connectivity index (χ3v) is 3.93. The van der Waals surface area contributed by atoms with Crippen LogP contribution in [0.5, 0.6) is 0 Å². The number of hydrogen-bond donors (Lipinski definition) is 1. The van der Waals surface area contributed by atoms with Gasteiger partial charge < -0.3 is 10.2 Å². The first-order chi connectivity index (χ1) is 10.3. The Bertz CT molecular complexity index is 554. The Balaban J connectivity index is 1.97. The molecule has 0 bridgehead atoms. The zero-order chi connectivity index (χ0) is 16.3. The maximum absolute atomic E-state index is 12.4. The normalized spacial score (nSPS) is 16.5. The molecule has 1 amide bonds. The minimum atomic E-state index is -0.164. The molecule has 1 aliphatic rings. The summed E-state index contributed by atoms with van der Waals surface area (Å²) in [6.45, 7) is 14.0. The first-order valence-corrected chi connectivity index (χ1v) is 7.82. The number of aromatic nitrogens is 2. The molecule has 0 unspecified atom stereocenters. The highest BCUT2D eigenvalue weighted by atomic mass is 16.1. The van der Waals surface area contributed by atoms with Gasteiger partial charge in [-0.3, -0.25) is 4.79 Å². The van der Waals surface area contributed by atoms with Crippen molar-refractivity contribution in [3.05, 3.63) is 36.1 Å². The molecule has 2 rings (SSSR count). The van der Waals surface area contributed by atoms with Crippen LogP contribution in [0.3, 0.4) is 0 Å². The lowest BCUT2D eigenvalue weighted by Gasteiger charge is -2.33. The average Bonchev–Trinajstić information content (AvgIpc) is 2.47. The van der Waals surface area contributed by atoms with E-state index in [1.807, 2.05) is 27.7 Å². The Kier molecular flexibility index (Phi) is 4.84. The van der Waals surface area contributed by atoms with Gasteiger partial charge in [0.15, 0.2) is 0 Å². The van der Waals surface area contributed by atoms with Gasteiger partial charge in [-0.05, 0) is 25.8 Å². The summed E-state index contributed by atoms with van der Waals surface area (Å²) in [5, 5.41) is 3.09. The van der Waals surface area contributed by atoms with E-state index in [1.165, 1.54) is 0 Å². The van der Waals surface area contributed by atoms with Gasteiger partial charge in [0.25, 0.3) is 5.91 Å². The second-order valence-corrected chi connectivity index (χ2v) is 6.99. The van der Waals surface area contributed by atoms with Crippen molar-refractivity contribution in [1.82, 2.24) is 20.2 Å². The van der Waals surface area contributed by atoms with Crippen LogP contribution in [0.4, 0.5) is 0 Å². The molecule has 1 aromatic heterocycles. The van der Waals surface area contributed by atoms with Gasteiger partial charge >= 0.3 is 0 Å². The molecule has 0 radical (unpaired) electrons. The van der Waals surface area contributed by atoms with Crippen LogP contribution in [-0.4, -0.2) is 39.9 Å². The van der Waals surface area contributed by atoms with E-state index in [4.69, 9.17) is 0 Å². The average molecular weight is 302 g/mol. The van der Waals surface area contributed by atoms with Crippen molar-refractivity contribution in [2.45, 2.75) is 52.0 Å². The van der Waals surface area contributed by atoms with Crippen molar-refractivity contribution in [2.75, 3.05) is 13.1 Å². The Morgan fingerprint density at radius 3 is 2.55 bits per heavy atom. The van der Waals surface area contributed by atoms with E-state index >= 15 is 0 Å². The number of allylic oxidation sites excluding steroid dienone is 1. The van der Waals surface area contributed by atoms with Crippen molar-refractivity contribution < 1.29 is 4.79 Å². The number of piperidine rings is 1. The predicted octanol–water partition coefficient (Wildman–Crippen LogP) is 2.50. The van der Waals surface area contributed by atoms with Crippen molar-refractivity contribution in [2.24, 2.45) is 0 Å². The molecule has 0 aromatic carbocycles. The van der Waals surface area contributed by atoms with Crippen molar-refractivity contribution in [3.8, 4) is 0 Å². The molecule has 0 aliphatic carbocycles. The van der Waals surface area contributed by atoms with Crippen LogP contribution < -0.4 is 5.32 Å². The van der Waals surface area contributed by atoms with Gasteiger partial charge in [0, 0.05) is 36.4 Å². The molecular weight excluding hydrogens is 276 g/mol. The molecule has 1 N–H and O–H groups in total. The number of carbonyl (C=O) groups is 1. The summed E-state index contributed by atoms with van der Waals surface area (Å²) < 4.78 is 0. The molecule has 22 heavy (non-hydrogen) atoms. The fourth-order valence-corrected chi connectivity index (χ4v) is 2.51. The summed E-state index contributed by atoms with van der Waals surface area (Å²) in [6.07, 6.45) is 3.54. The van der Waals surface area contributed by atoms with E-state index in [0.29, 0.717) is 11.5 Å². The molecule has 1 aliphatic heterocycles. The number of nitrogens with zero attached hydrogens (tertiary/aromatic N) is 3. The minimum absolute atomic E-state index is 0.110. The van der Waals surface area contributed by atoms with Crippen LogP contribution >= 0.6 is 0 Å². The van der Waals surface area contributed by atoms with Crippen molar-refractivity contribution >= 4 is 5.91 Å². The lowest BCUT2D eigenvalue weighted by atomic mass is 9.95. The number of hydrogen-bond acceptors (Lipinski definition) is 4. The lowest BCUT2D eigenvalue weighted by Crippen LogP contribution is -2.44. The summed E-state index contributed by atoms with van der Waals surface area (Å²) in [7, 11) is 0. The van der Waals surface area contributed by atoms with Crippen LogP contribution in [0.15, 0.2) is 24.5 Å². The van der Waals surface area contributed by atoms with Gasteiger partial charge in [-0.25, -0.2) is 9.97 Å². The van der Waals surface area contributed by atoms with E-state index in [-0.39, 0.29) is 17.4 Å². The Hall–Kier alpha value is -1.91. The van der Waals surface area contributed by atoms with E-state index in [9.17, 15) is 4.79 Å². The quantitative estimate of drug-likeness (QED) is 0.932. The van der Waals surface area contributed by atoms with Crippen LogP contribution in [0, 0.1) is 0 Å². The SMILES string of the molecule is C=C(C)N1CCC(NC(=O)c2ccnc(C(C)(C)C)n2)CC1. The molecule has 5 nitrogen and oxygen atoms in total. The Labute approximate surface area is 132 Å². The van der Waals surface area contributed by atoms with E-state index in [2.05, 4.69) is 26.8 Å². The summed E-state index contributed by atoms with van der Waals surface area (Å²) >= 11 is 0. The fraction of sp³-hybridized carbons (Fsp3) is 0.588. The predicted molar refractivity (Wildman–Crippen MR) is 87.6 cm³/mol. The molecule has 1 aromatic rings. The smallest absolute Gasteiger partial charge is 0.270 e. The molecule has 2 heterocycles. The monoisotopic (exact) mass is 302 g/mol. The standard InChI is InChI=1S/C17H26N4O/c1-12(2)21-10-7-13(8-11-21)19-15(22)14-6-9-18-16(20-14)17(3,4)5/h6,9,13H,1,7-8,10-11H2,2-5H3,(H,19,22). The van der Waals surface area contributed by atoms with Gasteiger partial charge in [-0.15, -0.1) is 0 Å². The molecule has 120 valence electrons. The van der Waals surface area contributed by atoms with Gasteiger partial charge in [-0.2, -0.15) is 0 Å². The molecule has 0 atom stereocenters. The molecule has 1 saturated heterocycles. The summed E-state index contributed by atoms with van der Waals surface area (Å²) in [5.41, 5.74) is 1.38. The number of rotatable bonds is 3. The third-order valence-electron chi connectivity index (χ3n) is 3.93. The highest BCUT2D eigenvalue weighted by Gasteiger charge is 2.23. The first kappa shape index (κ1) is 16.5. The number of carbonyl (C=O) groups excluding carboxylic acids is 1. The zero-order valence-corrected chi connectivity index (χ0v) is 14.0. The van der Waals surface area contributed by atoms with E-state index in [0.717, 1.165) is 31.6 Å². The second kappa shape index (κ2) is 6.46. The minimum Gasteiger partial charge on any atom is -0.375 e. The van der Waals surface area contributed by atoms with Gasteiger partial charge in [0.2, 0.25) is 0 Å². The first-order valence-electron chi connectivity index (χ1n) is 7.82. The number of likely N-dealkylation sites (tertiary alicyclic amines) is 1. The van der Waals surface area contributed by atoms with Gasteiger partial charge in [-0.1, -0.05) is 27.4 Å². The summed E-state index contributed by atoms with van der Waals surface area (Å²) in [4.78, 5) is 23.3. The molecule has 5 heteroatoms. The zero-order valence-electron chi connectivity index (χ0n) is 14.0. The van der Waals surface area contributed by atoms with Crippen LogP contribution in [-0.2, 0) is 5.41 Å². The molecule has 0 saturated carbocycles.